The van der Waals surface area contributed by atoms with Crippen LogP contribution in [0.15, 0.2) is 24.3 Å². The minimum Gasteiger partial charge on any atom is -0.497 e. The molecule has 2 unspecified atom stereocenters. The fraction of sp³-hybridized carbons (Fsp3) is 0.533. The molecule has 5 heteroatoms. The number of benzene rings is 1. The zero-order valence-corrected chi connectivity index (χ0v) is 13.4. The molecular weight excluding hydrogens is 322 g/mol. The molecule has 0 aliphatic carbocycles. The van der Waals surface area contributed by atoms with Gasteiger partial charge in [0, 0.05) is 11.9 Å². The molecule has 0 spiro atoms. The van der Waals surface area contributed by atoms with Crippen molar-refractivity contribution in [1.82, 2.24) is 4.90 Å². The number of ether oxygens (including phenoxy) is 2. The average molecular weight is 342 g/mol. The summed E-state index contributed by atoms with van der Waals surface area (Å²) in [6, 6.07) is 7.78. The van der Waals surface area contributed by atoms with E-state index in [4.69, 9.17) is 9.47 Å². The van der Waals surface area contributed by atoms with Gasteiger partial charge in [0.1, 0.15) is 5.75 Å². The number of carbonyl (C=O) groups is 1. The summed E-state index contributed by atoms with van der Waals surface area (Å²) < 4.78 is 10.8. The number of hydrogen-bond acceptors (Lipinski definition) is 3. The zero-order chi connectivity index (χ0) is 14.5. The van der Waals surface area contributed by atoms with Crippen molar-refractivity contribution in [3.05, 3.63) is 29.8 Å². The van der Waals surface area contributed by atoms with Gasteiger partial charge in [0.15, 0.2) is 0 Å². The summed E-state index contributed by atoms with van der Waals surface area (Å²) in [5.41, 5.74) is 0.975. The van der Waals surface area contributed by atoms with Crippen molar-refractivity contribution < 1.29 is 14.3 Å². The maximum atomic E-state index is 12.5. The summed E-state index contributed by atoms with van der Waals surface area (Å²) in [6.45, 7) is 3.27. The molecule has 0 bridgehead atoms. The minimum absolute atomic E-state index is 0.0838. The van der Waals surface area contributed by atoms with E-state index in [0.717, 1.165) is 16.6 Å². The number of halogens is 1. The molecule has 1 fully saturated rings. The van der Waals surface area contributed by atoms with Gasteiger partial charge in [0.25, 0.3) is 0 Å². The maximum absolute atomic E-state index is 12.5. The van der Waals surface area contributed by atoms with Gasteiger partial charge in [-0.3, -0.25) is 4.79 Å². The van der Waals surface area contributed by atoms with Gasteiger partial charge in [0.05, 0.1) is 32.3 Å². The van der Waals surface area contributed by atoms with E-state index in [1.54, 1.807) is 7.11 Å². The molecule has 1 amide bonds. The van der Waals surface area contributed by atoms with Crippen LogP contribution in [0.1, 0.15) is 12.5 Å². The highest BCUT2D eigenvalue weighted by Gasteiger charge is 2.28. The first kappa shape index (κ1) is 15.3. The predicted molar refractivity (Wildman–Crippen MR) is 81.4 cm³/mol. The second kappa shape index (κ2) is 7.09. The third-order valence-corrected chi connectivity index (χ3v) is 4.21. The molecular formula is C15H20BrNO3. The summed E-state index contributed by atoms with van der Waals surface area (Å²) in [6.07, 6.45) is 0.483. The van der Waals surface area contributed by atoms with Crippen molar-refractivity contribution in [2.24, 2.45) is 0 Å². The third kappa shape index (κ3) is 3.73. The number of alkyl halides is 1. The van der Waals surface area contributed by atoms with Gasteiger partial charge in [0.2, 0.25) is 5.91 Å². The van der Waals surface area contributed by atoms with E-state index in [0.29, 0.717) is 19.6 Å². The standard InChI is InChI=1S/C15H20BrNO3/c1-11-10-20-14(8-16)9-17(11)15(18)7-12-4-3-5-13(6-12)19-2/h3-6,11,14H,7-10H2,1-2H3. The quantitative estimate of drug-likeness (QED) is 0.788. The zero-order valence-electron chi connectivity index (χ0n) is 11.8. The van der Waals surface area contributed by atoms with Crippen LogP contribution in [-0.4, -0.2) is 48.5 Å². The lowest BCUT2D eigenvalue weighted by Crippen LogP contribution is -2.52. The van der Waals surface area contributed by atoms with E-state index in [1.165, 1.54) is 0 Å². The number of hydrogen-bond donors (Lipinski definition) is 0. The van der Waals surface area contributed by atoms with Crippen molar-refractivity contribution in [1.29, 1.82) is 0 Å². The Morgan fingerprint density at radius 3 is 3.05 bits per heavy atom. The van der Waals surface area contributed by atoms with Crippen LogP contribution in [0.25, 0.3) is 0 Å². The van der Waals surface area contributed by atoms with Crippen molar-refractivity contribution in [3.63, 3.8) is 0 Å². The molecule has 1 aromatic carbocycles. The summed E-state index contributed by atoms with van der Waals surface area (Å²) in [5.74, 6) is 0.920. The molecule has 110 valence electrons. The number of methoxy groups -OCH3 is 1. The van der Waals surface area contributed by atoms with E-state index in [2.05, 4.69) is 15.9 Å². The Morgan fingerprint density at radius 1 is 1.55 bits per heavy atom. The van der Waals surface area contributed by atoms with E-state index in [1.807, 2.05) is 36.1 Å². The number of nitrogens with zero attached hydrogens (tertiary/aromatic N) is 1. The Kier molecular flexibility index (Phi) is 5.43. The molecule has 1 heterocycles. The van der Waals surface area contributed by atoms with Gasteiger partial charge >= 0.3 is 0 Å². The van der Waals surface area contributed by atoms with Gasteiger partial charge in [-0.25, -0.2) is 0 Å². The molecule has 0 saturated carbocycles. The van der Waals surface area contributed by atoms with E-state index in [9.17, 15) is 4.79 Å². The molecule has 0 radical (unpaired) electrons. The Balaban J connectivity index is 2.02. The number of amides is 1. The summed E-state index contributed by atoms with van der Waals surface area (Å²) in [7, 11) is 1.63. The highest BCUT2D eigenvalue weighted by molar-refractivity contribution is 9.09. The van der Waals surface area contributed by atoms with Crippen LogP contribution < -0.4 is 4.74 Å². The van der Waals surface area contributed by atoms with Gasteiger partial charge < -0.3 is 14.4 Å². The normalized spacial score (nSPS) is 22.6. The lowest BCUT2D eigenvalue weighted by Gasteiger charge is -2.37. The van der Waals surface area contributed by atoms with Crippen LogP contribution in [0.2, 0.25) is 0 Å². The van der Waals surface area contributed by atoms with E-state index < -0.39 is 0 Å². The summed E-state index contributed by atoms with van der Waals surface area (Å²) in [5, 5.41) is 0.753. The first-order chi connectivity index (χ1) is 9.63. The van der Waals surface area contributed by atoms with Crippen molar-refractivity contribution in [3.8, 4) is 5.75 Å². The van der Waals surface area contributed by atoms with Gasteiger partial charge in [-0.1, -0.05) is 28.1 Å². The fourth-order valence-corrected chi connectivity index (χ4v) is 2.71. The number of morpholine rings is 1. The minimum atomic E-state index is 0.0838. The first-order valence-corrected chi connectivity index (χ1v) is 7.86. The van der Waals surface area contributed by atoms with Crippen LogP contribution >= 0.6 is 15.9 Å². The lowest BCUT2D eigenvalue weighted by atomic mass is 10.1. The molecule has 2 atom stereocenters. The van der Waals surface area contributed by atoms with Crippen LogP contribution in [0, 0.1) is 0 Å². The largest absolute Gasteiger partial charge is 0.497 e. The summed E-state index contributed by atoms with van der Waals surface area (Å²) in [4.78, 5) is 14.4. The predicted octanol–water partition coefficient (Wildman–Crippen LogP) is 2.25. The second-order valence-corrected chi connectivity index (χ2v) is 5.68. The highest BCUT2D eigenvalue weighted by atomic mass is 79.9. The molecule has 1 aliphatic heterocycles. The van der Waals surface area contributed by atoms with Crippen LogP contribution in [0.5, 0.6) is 5.75 Å². The molecule has 20 heavy (non-hydrogen) atoms. The third-order valence-electron chi connectivity index (χ3n) is 3.49. The molecule has 0 N–H and O–H groups in total. The fourth-order valence-electron chi connectivity index (χ4n) is 2.32. The van der Waals surface area contributed by atoms with Crippen LogP contribution in [-0.2, 0) is 16.0 Å². The van der Waals surface area contributed by atoms with Crippen LogP contribution in [0.3, 0.4) is 0 Å². The smallest absolute Gasteiger partial charge is 0.227 e. The molecule has 1 aliphatic rings. The SMILES string of the molecule is COc1cccc(CC(=O)N2CC(CBr)OCC2C)c1. The van der Waals surface area contributed by atoms with Crippen molar-refractivity contribution in [2.75, 3.05) is 25.6 Å². The maximum Gasteiger partial charge on any atom is 0.227 e. The Hall–Kier alpha value is -1.07. The van der Waals surface area contributed by atoms with Crippen molar-refractivity contribution in [2.45, 2.75) is 25.5 Å². The van der Waals surface area contributed by atoms with Gasteiger partial charge in [-0.2, -0.15) is 0 Å². The molecule has 1 aromatic rings. The van der Waals surface area contributed by atoms with Gasteiger partial charge in [-0.15, -0.1) is 0 Å². The van der Waals surface area contributed by atoms with Crippen LogP contribution in [0.4, 0.5) is 0 Å². The Morgan fingerprint density at radius 2 is 2.35 bits per heavy atom. The molecule has 4 nitrogen and oxygen atoms in total. The number of carbonyl (C=O) groups excluding carboxylic acids is 1. The lowest BCUT2D eigenvalue weighted by molar-refractivity contribution is -0.142. The second-order valence-electron chi connectivity index (χ2n) is 5.03. The number of rotatable bonds is 4. The first-order valence-electron chi connectivity index (χ1n) is 6.74. The highest BCUT2D eigenvalue weighted by Crippen LogP contribution is 2.17. The monoisotopic (exact) mass is 341 g/mol. The summed E-state index contributed by atoms with van der Waals surface area (Å²) >= 11 is 3.41. The molecule has 0 aromatic heterocycles. The Labute approximate surface area is 128 Å². The Bertz CT molecular complexity index is 466. The van der Waals surface area contributed by atoms with Gasteiger partial charge in [-0.05, 0) is 24.6 Å². The topological polar surface area (TPSA) is 38.8 Å². The molecule has 2 rings (SSSR count). The van der Waals surface area contributed by atoms with E-state index >= 15 is 0 Å². The molecule has 1 saturated heterocycles. The van der Waals surface area contributed by atoms with Crippen molar-refractivity contribution >= 4 is 21.8 Å². The van der Waals surface area contributed by atoms with E-state index in [-0.39, 0.29) is 18.1 Å². The average Bonchev–Trinajstić information content (AvgIpc) is 2.47.